The van der Waals surface area contributed by atoms with Crippen molar-refractivity contribution in [2.45, 2.75) is 115 Å². The third-order valence-electron chi connectivity index (χ3n) is 9.02. The highest BCUT2D eigenvalue weighted by Crippen LogP contribution is 2.49. The van der Waals surface area contributed by atoms with Crippen molar-refractivity contribution in [3.8, 4) is 0 Å². The maximum Gasteiger partial charge on any atom is 0.338 e. The lowest BCUT2D eigenvalue weighted by Crippen LogP contribution is -2.41. The van der Waals surface area contributed by atoms with E-state index in [-0.39, 0.29) is 77.5 Å². The highest BCUT2D eigenvalue weighted by Gasteiger charge is 2.46. The highest BCUT2D eigenvalue weighted by atomic mass is 31.2. The minimum atomic E-state index is -1.48. The molecule has 2 aromatic rings. The van der Waals surface area contributed by atoms with Gasteiger partial charge in [0, 0.05) is 24.1 Å². The van der Waals surface area contributed by atoms with Crippen LogP contribution in [0.15, 0.2) is 60.7 Å². The second-order valence-corrected chi connectivity index (χ2v) is 15.4. The van der Waals surface area contributed by atoms with Crippen LogP contribution in [-0.2, 0) is 46.9 Å². The summed E-state index contributed by atoms with van der Waals surface area (Å²) in [5, 5.41) is 9.97. The Kier molecular flexibility index (Phi) is 23.7. The number of carbonyl (C=O) groups is 2. The number of aliphatic hydroxyl groups is 1. The standard InChI is InChI=1S/C25H38BN2O7P.C16H21BO6/c1-7-21-22(35-36(33-14-13-27-6)28(18(2)3)19(4)5)23(24(26)34-21)32-17-30-15-16-31-25(29)20-11-9-8-10-12-20;1-2-12-13(18)14(15(17)23-12)22-10-20-8-9-21-16(19)11-6-4-3-5-7-11/h8-12,18-19,21-24H,7,13-17H2,1-5H3;3-7,12-15,18H,2,8-10H2,1H3/t21-,22+,23?,24-,36?;12-,13+,14?,15-/m11/s1. The number of benzene rings is 2. The maximum atomic E-state index is 12.0. The van der Waals surface area contributed by atoms with Crippen molar-refractivity contribution in [2.75, 3.05) is 53.2 Å². The summed E-state index contributed by atoms with van der Waals surface area (Å²) >= 11 is 0. The molecular weight excluding hydrogens is 781 g/mol. The van der Waals surface area contributed by atoms with Crippen LogP contribution in [0.5, 0.6) is 0 Å². The fraction of sp³-hybridized carbons (Fsp3) is 0.634. The Morgan fingerprint density at radius 2 is 1.22 bits per heavy atom. The Bertz CT molecular complexity index is 1510. The number of hydrogen-bond donors (Lipinski definition) is 1. The van der Waals surface area contributed by atoms with E-state index in [1.807, 2.05) is 26.0 Å². The molecule has 322 valence electrons. The lowest BCUT2D eigenvalue weighted by atomic mass is 9.92. The van der Waals surface area contributed by atoms with Gasteiger partial charge in [0.25, 0.3) is 8.53 Å². The molecule has 0 aromatic heterocycles. The molecule has 0 amide bonds. The first kappa shape index (κ1) is 50.4. The lowest BCUT2D eigenvalue weighted by Gasteiger charge is -2.38. The largest absolute Gasteiger partial charge is 0.460 e. The second-order valence-electron chi connectivity index (χ2n) is 14.0. The van der Waals surface area contributed by atoms with Crippen molar-refractivity contribution in [3.63, 3.8) is 0 Å². The van der Waals surface area contributed by atoms with Gasteiger partial charge in [-0.1, -0.05) is 50.2 Å². The van der Waals surface area contributed by atoms with E-state index in [4.69, 9.17) is 69.2 Å². The minimum Gasteiger partial charge on any atom is -0.460 e. The summed E-state index contributed by atoms with van der Waals surface area (Å²) in [6.45, 7) is 20.3. The van der Waals surface area contributed by atoms with Gasteiger partial charge in [-0.2, -0.15) is 0 Å². The van der Waals surface area contributed by atoms with E-state index in [0.717, 1.165) is 0 Å². The van der Waals surface area contributed by atoms with Gasteiger partial charge in [0.2, 0.25) is 6.54 Å². The van der Waals surface area contributed by atoms with Crippen LogP contribution in [0.3, 0.4) is 0 Å². The number of ether oxygens (including phenoxy) is 8. The first-order chi connectivity index (χ1) is 28.4. The average molecular weight is 841 g/mol. The Morgan fingerprint density at radius 3 is 1.68 bits per heavy atom. The predicted molar refractivity (Wildman–Crippen MR) is 222 cm³/mol. The Balaban J connectivity index is 0.000000347. The zero-order chi connectivity index (χ0) is 43.2. The topological polar surface area (TPSA) is 154 Å². The molecule has 0 saturated carbocycles. The molecule has 18 heteroatoms. The zero-order valence-electron chi connectivity index (χ0n) is 35.0. The Hall–Kier alpha value is -2.97. The van der Waals surface area contributed by atoms with E-state index in [1.165, 1.54) is 0 Å². The number of carbonyl (C=O) groups excluding carboxylic acids is 2. The van der Waals surface area contributed by atoms with Crippen LogP contribution >= 0.6 is 8.53 Å². The third-order valence-corrected chi connectivity index (χ3v) is 11.1. The number of nitrogens with zero attached hydrogens (tertiary/aromatic N) is 2. The zero-order valence-corrected chi connectivity index (χ0v) is 35.9. The van der Waals surface area contributed by atoms with E-state index < -0.39 is 56.9 Å². The predicted octanol–water partition coefficient (Wildman–Crippen LogP) is 5.04. The van der Waals surface area contributed by atoms with E-state index in [9.17, 15) is 14.7 Å². The molecule has 59 heavy (non-hydrogen) atoms. The summed E-state index contributed by atoms with van der Waals surface area (Å²) in [5.41, 5.74) is 0.979. The Morgan fingerprint density at radius 1 is 0.746 bits per heavy atom. The van der Waals surface area contributed by atoms with Crippen LogP contribution in [0.2, 0.25) is 0 Å². The number of aliphatic hydroxyl groups excluding tert-OH is 1. The molecule has 2 heterocycles. The molecule has 3 unspecified atom stereocenters. The fourth-order valence-corrected chi connectivity index (χ4v) is 7.92. The van der Waals surface area contributed by atoms with E-state index >= 15 is 0 Å². The van der Waals surface area contributed by atoms with Gasteiger partial charge in [0.1, 0.15) is 73.5 Å². The molecule has 2 aliphatic heterocycles. The summed E-state index contributed by atoms with van der Waals surface area (Å²) in [6, 6.07) is 16.5. The van der Waals surface area contributed by atoms with Crippen molar-refractivity contribution in [2.24, 2.45) is 0 Å². The first-order valence-electron chi connectivity index (χ1n) is 20.0. The highest BCUT2D eigenvalue weighted by molar-refractivity contribution is 7.44. The average Bonchev–Trinajstić information content (AvgIpc) is 3.69. The SMILES string of the molecule is [B][C@@H]1O[C@H](CC)[C@H](O)C1OCOCCOC(=O)c1ccccc1.[B][C@@H]1O[C@H](CC)[C@H](OP(OCC[N+]#[C-])N(C(C)C)C(C)C)C1OCOCCOC(=O)c1ccccc1. The maximum absolute atomic E-state index is 12.0. The normalized spacial score (nSPS) is 24.4. The van der Waals surface area contributed by atoms with E-state index in [0.29, 0.717) is 24.0 Å². The molecule has 1 N–H and O–H groups in total. The van der Waals surface area contributed by atoms with E-state index in [2.05, 4.69) is 37.2 Å². The Labute approximate surface area is 353 Å². The molecule has 15 nitrogen and oxygen atoms in total. The van der Waals surface area contributed by atoms with Crippen molar-refractivity contribution < 1.29 is 61.6 Å². The quantitative estimate of drug-likeness (QED) is 0.0375. The monoisotopic (exact) mass is 840 g/mol. The number of hydrogen-bond acceptors (Lipinski definition) is 14. The number of esters is 2. The summed E-state index contributed by atoms with van der Waals surface area (Å²) in [5.74, 6) is -0.806. The van der Waals surface area contributed by atoms with Gasteiger partial charge in [0.05, 0.1) is 36.5 Å². The molecule has 0 bridgehead atoms. The molecule has 2 fully saturated rings. The molecule has 2 saturated heterocycles. The molecule has 4 rings (SSSR count). The van der Waals surface area contributed by atoms with Crippen molar-refractivity contribution in [1.82, 2.24) is 4.67 Å². The van der Waals surface area contributed by atoms with Gasteiger partial charge < -0.3 is 56.9 Å². The molecule has 9 atom stereocenters. The van der Waals surface area contributed by atoms with Gasteiger partial charge in [0.15, 0.2) is 0 Å². The molecule has 2 aliphatic rings. The van der Waals surface area contributed by atoms with Gasteiger partial charge >= 0.3 is 11.9 Å². The summed E-state index contributed by atoms with van der Waals surface area (Å²) in [4.78, 5) is 27.1. The van der Waals surface area contributed by atoms with Gasteiger partial charge in [-0.15, -0.1) is 0 Å². The third kappa shape index (κ3) is 16.8. The van der Waals surface area contributed by atoms with Crippen LogP contribution in [0.25, 0.3) is 4.85 Å². The van der Waals surface area contributed by atoms with Crippen LogP contribution in [0.4, 0.5) is 0 Å². The van der Waals surface area contributed by atoms with Crippen LogP contribution in [0, 0.1) is 6.57 Å². The smallest absolute Gasteiger partial charge is 0.338 e. The minimum absolute atomic E-state index is 0.0574. The van der Waals surface area contributed by atoms with Gasteiger partial charge in [-0.05, 0) is 64.8 Å². The fourth-order valence-electron chi connectivity index (χ4n) is 6.16. The van der Waals surface area contributed by atoms with Crippen molar-refractivity contribution in [3.05, 3.63) is 83.2 Å². The van der Waals surface area contributed by atoms with Crippen LogP contribution in [-0.4, -0.2) is 151 Å². The van der Waals surface area contributed by atoms with Crippen LogP contribution < -0.4 is 0 Å². The molecule has 2 aromatic carbocycles. The van der Waals surface area contributed by atoms with E-state index in [1.54, 1.807) is 48.5 Å². The van der Waals surface area contributed by atoms with Crippen molar-refractivity contribution >= 4 is 36.2 Å². The summed E-state index contributed by atoms with van der Waals surface area (Å²) < 4.78 is 58.3. The summed E-state index contributed by atoms with van der Waals surface area (Å²) in [7, 11) is 10.5. The van der Waals surface area contributed by atoms with Gasteiger partial charge in [-0.25, -0.2) is 20.8 Å². The lowest BCUT2D eigenvalue weighted by molar-refractivity contribution is -0.121. The molecular formula is C41H59B2N2O13P. The summed E-state index contributed by atoms with van der Waals surface area (Å²) in [6.07, 6.45) is -1.68. The molecule has 0 aliphatic carbocycles. The first-order valence-corrected chi connectivity index (χ1v) is 21.1. The van der Waals surface area contributed by atoms with Gasteiger partial charge in [-0.3, -0.25) is 0 Å². The second kappa shape index (κ2) is 27.8. The van der Waals surface area contributed by atoms with Crippen molar-refractivity contribution in [1.29, 1.82) is 0 Å². The number of rotatable bonds is 24. The molecule has 0 spiro atoms. The molecule has 4 radical (unpaired) electrons. The van der Waals surface area contributed by atoms with Crippen LogP contribution in [0.1, 0.15) is 75.1 Å².